The SMILES string of the molecule is O=C(C=Cc1cnccc1-c1cnn(C2CC2)c1)Nc1ccc(CN2CC(F)(F)C2)cc1F. The van der Waals surface area contributed by atoms with Crippen LogP contribution in [0.25, 0.3) is 17.2 Å². The molecule has 1 aliphatic carbocycles. The molecule has 6 nitrogen and oxygen atoms in total. The minimum absolute atomic E-state index is 0.0273. The molecule has 0 atom stereocenters. The third kappa shape index (κ3) is 4.98. The first kappa shape index (κ1) is 21.4. The Morgan fingerprint density at radius 3 is 2.76 bits per heavy atom. The van der Waals surface area contributed by atoms with Gasteiger partial charge in [0.2, 0.25) is 5.91 Å². The molecule has 1 saturated carbocycles. The number of nitrogens with zero attached hydrogens (tertiary/aromatic N) is 4. The van der Waals surface area contributed by atoms with E-state index in [-0.39, 0.29) is 25.3 Å². The first-order valence-electron chi connectivity index (χ1n) is 10.7. The molecule has 1 saturated heterocycles. The lowest BCUT2D eigenvalue weighted by atomic mass is 10.0. The number of likely N-dealkylation sites (tertiary alicyclic amines) is 1. The van der Waals surface area contributed by atoms with Crippen LogP contribution in [-0.4, -0.2) is 44.6 Å². The average Bonchev–Trinajstić information content (AvgIpc) is 3.50. The Labute approximate surface area is 188 Å². The molecule has 1 N–H and O–H groups in total. The summed E-state index contributed by atoms with van der Waals surface area (Å²) < 4.78 is 42.3. The number of amides is 1. The molecule has 0 unspecified atom stereocenters. The fraction of sp³-hybridized carbons (Fsp3) is 0.292. The second kappa shape index (κ2) is 8.47. The van der Waals surface area contributed by atoms with Crippen LogP contribution in [0.5, 0.6) is 0 Å². The van der Waals surface area contributed by atoms with Crippen molar-refractivity contribution in [3.05, 3.63) is 72.1 Å². The highest BCUT2D eigenvalue weighted by molar-refractivity contribution is 6.02. The lowest BCUT2D eigenvalue weighted by Gasteiger charge is -2.38. The zero-order valence-electron chi connectivity index (χ0n) is 17.7. The number of hydrogen-bond donors (Lipinski definition) is 1. The molecule has 2 aromatic heterocycles. The minimum atomic E-state index is -2.66. The molecule has 9 heteroatoms. The van der Waals surface area contributed by atoms with Gasteiger partial charge in [-0.1, -0.05) is 6.07 Å². The minimum Gasteiger partial charge on any atom is -0.320 e. The van der Waals surface area contributed by atoms with Gasteiger partial charge in [0.25, 0.3) is 5.92 Å². The second-order valence-electron chi connectivity index (χ2n) is 8.54. The van der Waals surface area contributed by atoms with Crippen LogP contribution < -0.4 is 5.32 Å². The maximum Gasteiger partial charge on any atom is 0.272 e. The van der Waals surface area contributed by atoms with Crippen LogP contribution in [-0.2, 0) is 11.3 Å². The summed E-state index contributed by atoms with van der Waals surface area (Å²) in [6, 6.07) is 6.65. The summed E-state index contributed by atoms with van der Waals surface area (Å²) in [5.74, 6) is -3.77. The molecule has 2 aliphatic rings. The molecule has 3 aromatic rings. The maximum absolute atomic E-state index is 14.4. The number of nitrogens with one attached hydrogen (secondary N) is 1. The van der Waals surface area contributed by atoms with Crippen molar-refractivity contribution in [3.8, 4) is 11.1 Å². The van der Waals surface area contributed by atoms with Gasteiger partial charge in [0, 0.05) is 42.3 Å². The van der Waals surface area contributed by atoms with Gasteiger partial charge < -0.3 is 5.32 Å². The van der Waals surface area contributed by atoms with Gasteiger partial charge in [-0.3, -0.25) is 19.4 Å². The molecular formula is C24H22F3N5O. The Hall–Kier alpha value is -3.46. The van der Waals surface area contributed by atoms with E-state index in [0.717, 1.165) is 29.5 Å². The largest absolute Gasteiger partial charge is 0.320 e. The van der Waals surface area contributed by atoms with Crippen LogP contribution in [0, 0.1) is 5.82 Å². The zero-order valence-corrected chi connectivity index (χ0v) is 17.7. The van der Waals surface area contributed by atoms with Gasteiger partial charge in [-0.2, -0.15) is 5.10 Å². The first-order chi connectivity index (χ1) is 15.9. The quantitative estimate of drug-likeness (QED) is 0.535. The van der Waals surface area contributed by atoms with Gasteiger partial charge in [0.05, 0.1) is 31.0 Å². The van der Waals surface area contributed by atoms with Crippen LogP contribution in [0.4, 0.5) is 18.9 Å². The van der Waals surface area contributed by atoms with Crippen LogP contribution in [0.2, 0.25) is 0 Å². The van der Waals surface area contributed by atoms with Crippen molar-refractivity contribution in [2.24, 2.45) is 0 Å². The Bertz CT molecular complexity index is 1210. The fourth-order valence-corrected chi connectivity index (χ4v) is 3.89. The van der Waals surface area contributed by atoms with Crippen molar-refractivity contribution < 1.29 is 18.0 Å². The Morgan fingerprint density at radius 1 is 1.21 bits per heavy atom. The molecule has 0 spiro atoms. The molecule has 1 aromatic carbocycles. The van der Waals surface area contributed by atoms with Crippen LogP contribution in [0.3, 0.4) is 0 Å². The van der Waals surface area contributed by atoms with Gasteiger partial charge in [0.15, 0.2) is 0 Å². The summed E-state index contributed by atoms with van der Waals surface area (Å²) in [4.78, 5) is 18.1. The average molecular weight is 453 g/mol. The van der Waals surface area contributed by atoms with Crippen LogP contribution >= 0.6 is 0 Å². The molecule has 0 bridgehead atoms. The molecule has 3 heterocycles. The normalized spacial score (nSPS) is 17.8. The van der Waals surface area contributed by atoms with Crippen LogP contribution in [0.1, 0.15) is 30.0 Å². The number of benzene rings is 1. The predicted molar refractivity (Wildman–Crippen MR) is 118 cm³/mol. The molecule has 0 radical (unpaired) electrons. The van der Waals surface area contributed by atoms with Crippen molar-refractivity contribution in [2.45, 2.75) is 31.4 Å². The van der Waals surface area contributed by atoms with Crippen molar-refractivity contribution in [2.75, 3.05) is 18.4 Å². The number of hydrogen-bond acceptors (Lipinski definition) is 4. The molecular weight excluding hydrogens is 431 g/mol. The third-order valence-corrected chi connectivity index (χ3v) is 5.71. The number of rotatable bonds is 7. The van der Waals surface area contributed by atoms with Gasteiger partial charge in [-0.25, -0.2) is 13.2 Å². The zero-order chi connectivity index (χ0) is 23.0. The van der Waals surface area contributed by atoms with E-state index < -0.39 is 17.6 Å². The lowest BCUT2D eigenvalue weighted by molar-refractivity contribution is -0.133. The number of aromatic nitrogens is 3. The van der Waals surface area contributed by atoms with E-state index in [9.17, 15) is 18.0 Å². The number of pyridine rings is 1. The van der Waals surface area contributed by atoms with Gasteiger partial charge in [-0.05, 0) is 48.2 Å². The number of alkyl halides is 2. The molecule has 1 amide bonds. The van der Waals surface area contributed by atoms with E-state index in [1.807, 2.05) is 16.9 Å². The van der Waals surface area contributed by atoms with E-state index in [0.29, 0.717) is 11.6 Å². The number of anilines is 1. The second-order valence-corrected chi connectivity index (χ2v) is 8.54. The summed E-state index contributed by atoms with van der Waals surface area (Å²) in [6.07, 6.45) is 12.3. The van der Waals surface area contributed by atoms with Crippen molar-refractivity contribution in [1.82, 2.24) is 19.7 Å². The predicted octanol–water partition coefficient (Wildman–Crippen LogP) is 4.52. The van der Waals surface area contributed by atoms with E-state index in [2.05, 4.69) is 15.4 Å². The smallest absolute Gasteiger partial charge is 0.272 e. The summed E-state index contributed by atoms with van der Waals surface area (Å²) in [7, 11) is 0. The molecule has 5 rings (SSSR count). The lowest BCUT2D eigenvalue weighted by Crippen LogP contribution is -2.55. The highest BCUT2D eigenvalue weighted by Crippen LogP contribution is 2.35. The van der Waals surface area contributed by atoms with Crippen molar-refractivity contribution in [3.63, 3.8) is 0 Å². The summed E-state index contributed by atoms with van der Waals surface area (Å²) in [5, 5.41) is 6.93. The number of carbonyl (C=O) groups is 1. The van der Waals surface area contributed by atoms with E-state index >= 15 is 0 Å². The topological polar surface area (TPSA) is 63.1 Å². The highest BCUT2D eigenvalue weighted by atomic mass is 19.3. The highest BCUT2D eigenvalue weighted by Gasteiger charge is 2.43. The van der Waals surface area contributed by atoms with Crippen molar-refractivity contribution in [1.29, 1.82) is 0 Å². The molecule has 1 aliphatic heterocycles. The molecule has 2 fully saturated rings. The van der Waals surface area contributed by atoms with E-state index in [1.165, 1.54) is 23.1 Å². The van der Waals surface area contributed by atoms with E-state index in [1.54, 1.807) is 30.7 Å². The monoisotopic (exact) mass is 453 g/mol. The maximum atomic E-state index is 14.4. The van der Waals surface area contributed by atoms with Gasteiger partial charge in [0.1, 0.15) is 5.82 Å². The number of halogens is 3. The van der Waals surface area contributed by atoms with Crippen molar-refractivity contribution >= 4 is 17.7 Å². The summed E-state index contributed by atoms with van der Waals surface area (Å²) in [6.45, 7) is -0.410. The van der Waals surface area contributed by atoms with Crippen LogP contribution in [0.15, 0.2) is 55.1 Å². The molecule has 33 heavy (non-hydrogen) atoms. The Morgan fingerprint density at radius 2 is 2.03 bits per heavy atom. The summed E-state index contributed by atoms with van der Waals surface area (Å²) in [5.41, 5.74) is 3.17. The Kier molecular flexibility index (Phi) is 5.49. The van der Waals surface area contributed by atoms with E-state index in [4.69, 9.17) is 0 Å². The fourth-order valence-electron chi connectivity index (χ4n) is 3.89. The molecule has 170 valence electrons. The third-order valence-electron chi connectivity index (χ3n) is 5.71. The van der Waals surface area contributed by atoms with Gasteiger partial charge >= 0.3 is 0 Å². The Balaban J connectivity index is 1.23. The summed E-state index contributed by atoms with van der Waals surface area (Å²) >= 11 is 0. The van der Waals surface area contributed by atoms with Gasteiger partial charge in [-0.15, -0.1) is 0 Å². The standard InChI is InChI=1S/C24H22F3N5O/c25-21-9-16(12-31-14-24(26,27)15-31)1-5-22(21)30-23(33)6-2-17-10-28-8-7-20(17)18-11-29-32(13-18)19-3-4-19/h1-2,5-11,13,19H,3-4,12,14-15H2,(H,30,33). The number of carbonyl (C=O) groups excluding carboxylic acids is 1. The first-order valence-corrected chi connectivity index (χ1v) is 10.7.